The van der Waals surface area contributed by atoms with Gasteiger partial charge in [-0.1, -0.05) is 18.2 Å². The Kier molecular flexibility index (Phi) is 6.09. The van der Waals surface area contributed by atoms with E-state index >= 15 is 0 Å². The van der Waals surface area contributed by atoms with Gasteiger partial charge in [0, 0.05) is 18.7 Å². The van der Waals surface area contributed by atoms with Crippen LogP contribution in [0.3, 0.4) is 0 Å². The van der Waals surface area contributed by atoms with Crippen LogP contribution in [0.4, 0.5) is 13.2 Å². The molecule has 2 heterocycles. The van der Waals surface area contributed by atoms with Crippen molar-refractivity contribution in [1.29, 1.82) is 0 Å². The van der Waals surface area contributed by atoms with E-state index in [-0.39, 0.29) is 29.5 Å². The van der Waals surface area contributed by atoms with Gasteiger partial charge in [-0.05, 0) is 56.1 Å². The lowest BCUT2D eigenvalue weighted by Gasteiger charge is -2.40. The third-order valence-electron chi connectivity index (χ3n) is 6.04. The zero-order valence-electron chi connectivity index (χ0n) is 17.2. The van der Waals surface area contributed by atoms with Gasteiger partial charge in [-0.3, -0.25) is 4.79 Å². The van der Waals surface area contributed by atoms with Gasteiger partial charge in [-0.15, -0.1) is 0 Å². The van der Waals surface area contributed by atoms with Crippen LogP contribution >= 0.6 is 0 Å². The second-order valence-electron chi connectivity index (χ2n) is 7.94. The maximum atomic E-state index is 13.0. The van der Waals surface area contributed by atoms with Crippen LogP contribution in [0.25, 0.3) is 0 Å². The third-order valence-corrected chi connectivity index (χ3v) is 6.04. The summed E-state index contributed by atoms with van der Waals surface area (Å²) in [6, 6.07) is 12.2. The molecule has 166 valence electrons. The van der Waals surface area contributed by atoms with Crippen molar-refractivity contribution in [2.24, 2.45) is 5.92 Å². The van der Waals surface area contributed by atoms with E-state index in [2.05, 4.69) is 5.32 Å². The number of para-hydroxylation sites is 2. The number of nitrogens with zero attached hydrogens (tertiary/aromatic N) is 1. The monoisotopic (exact) mass is 434 g/mol. The average Bonchev–Trinajstić information content (AvgIpc) is 2.79. The number of fused-ring (bicyclic) bond motifs is 1. The molecule has 2 atom stereocenters. The van der Waals surface area contributed by atoms with Crippen molar-refractivity contribution in [3.63, 3.8) is 0 Å². The molecule has 5 nitrogen and oxygen atoms in total. The van der Waals surface area contributed by atoms with E-state index in [1.54, 1.807) is 4.90 Å². The molecule has 2 aromatic rings. The Labute approximate surface area is 179 Å². The first kappa shape index (κ1) is 21.5. The highest BCUT2D eigenvalue weighted by atomic mass is 19.4. The van der Waals surface area contributed by atoms with Crippen LogP contribution in [0.15, 0.2) is 48.5 Å². The number of amides is 1. The maximum Gasteiger partial charge on any atom is 0.416 e. The number of likely N-dealkylation sites (N-methyl/N-ethyl adjacent to an activating group) is 1. The molecule has 0 saturated carbocycles. The van der Waals surface area contributed by atoms with Gasteiger partial charge in [-0.25, -0.2) is 0 Å². The Morgan fingerprint density at radius 3 is 2.48 bits per heavy atom. The molecule has 1 amide bonds. The predicted molar refractivity (Wildman–Crippen MR) is 109 cm³/mol. The van der Waals surface area contributed by atoms with E-state index < -0.39 is 11.7 Å². The minimum absolute atomic E-state index is 0.0409. The third kappa shape index (κ3) is 4.63. The molecule has 1 fully saturated rings. The fourth-order valence-corrected chi connectivity index (χ4v) is 4.41. The highest BCUT2D eigenvalue weighted by Gasteiger charge is 2.36. The Morgan fingerprint density at radius 2 is 1.81 bits per heavy atom. The Bertz CT molecular complexity index is 926. The molecule has 8 heteroatoms. The summed E-state index contributed by atoms with van der Waals surface area (Å²) in [6.45, 7) is 1.41. The molecule has 2 aromatic carbocycles. The molecule has 0 aliphatic carbocycles. The summed E-state index contributed by atoms with van der Waals surface area (Å²) in [7, 11) is 1.88. The lowest BCUT2D eigenvalue weighted by molar-refractivity contribution is -0.137. The number of hydrogen-bond donors (Lipinski definition) is 1. The summed E-state index contributed by atoms with van der Waals surface area (Å²) >= 11 is 0. The predicted octanol–water partition coefficient (Wildman–Crippen LogP) is 3.99. The second kappa shape index (κ2) is 8.78. The Hall–Kier alpha value is -2.74. The number of benzene rings is 2. The Balaban J connectivity index is 1.38. The highest BCUT2D eigenvalue weighted by Crippen LogP contribution is 2.34. The lowest BCUT2D eigenvalue weighted by Crippen LogP contribution is -2.53. The second-order valence-corrected chi connectivity index (χ2v) is 7.94. The first-order valence-electron chi connectivity index (χ1n) is 10.4. The minimum Gasteiger partial charge on any atom is -0.486 e. The number of piperidine rings is 1. The van der Waals surface area contributed by atoms with Crippen LogP contribution in [0.2, 0.25) is 0 Å². The van der Waals surface area contributed by atoms with Crippen LogP contribution in [-0.2, 0) is 6.18 Å². The molecule has 31 heavy (non-hydrogen) atoms. The number of alkyl halides is 3. The van der Waals surface area contributed by atoms with Crippen LogP contribution < -0.4 is 14.8 Å². The van der Waals surface area contributed by atoms with Crippen LogP contribution in [0.1, 0.15) is 28.8 Å². The SMILES string of the molecule is CNC(C1CCN(C(=O)c2cccc(C(F)(F)F)c2)CC1)C1COc2ccccc2O1. The van der Waals surface area contributed by atoms with Crippen molar-refractivity contribution in [3.8, 4) is 11.5 Å². The molecule has 1 N–H and O–H groups in total. The number of halogens is 3. The van der Waals surface area contributed by atoms with Crippen LogP contribution in [0, 0.1) is 5.92 Å². The van der Waals surface area contributed by atoms with Crippen molar-refractivity contribution in [2.45, 2.75) is 31.2 Å². The molecule has 2 aliphatic heterocycles. The first-order chi connectivity index (χ1) is 14.9. The summed E-state index contributed by atoms with van der Waals surface area (Å²) < 4.78 is 50.9. The number of rotatable bonds is 4. The van der Waals surface area contributed by atoms with E-state index in [0.717, 1.165) is 36.5 Å². The summed E-state index contributed by atoms with van der Waals surface area (Å²) in [5.74, 6) is 1.34. The molecule has 4 rings (SSSR count). The van der Waals surface area contributed by atoms with E-state index in [0.29, 0.717) is 19.7 Å². The molecular formula is C23H25F3N2O3. The van der Waals surface area contributed by atoms with Crippen molar-refractivity contribution in [2.75, 3.05) is 26.7 Å². The molecular weight excluding hydrogens is 409 g/mol. The van der Waals surface area contributed by atoms with Gasteiger partial charge in [0.2, 0.25) is 0 Å². The van der Waals surface area contributed by atoms with Crippen molar-refractivity contribution >= 4 is 5.91 Å². The normalized spacial score (nSPS) is 20.4. The van der Waals surface area contributed by atoms with Gasteiger partial charge >= 0.3 is 6.18 Å². The minimum atomic E-state index is -4.47. The number of hydrogen-bond acceptors (Lipinski definition) is 4. The molecule has 0 aromatic heterocycles. The van der Waals surface area contributed by atoms with Crippen molar-refractivity contribution in [1.82, 2.24) is 10.2 Å². The highest BCUT2D eigenvalue weighted by molar-refractivity contribution is 5.94. The molecule has 0 radical (unpaired) electrons. The standard InChI is InChI=1S/C23H25F3N2O3/c1-27-21(20-14-30-18-7-2-3-8-19(18)31-20)15-9-11-28(12-10-15)22(29)16-5-4-6-17(13-16)23(24,25)26/h2-8,13,15,20-21,27H,9-12,14H2,1H3. The topological polar surface area (TPSA) is 50.8 Å². The number of nitrogens with one attached hydrogen (secondary N) is 1. The molecule has 0 bridgehead atoms. The zero-order chi connectivity index (χ0) is 22.0. The van der Waals surface area contributed by atoms with Gasteiger partial charge in [0.1, 0.15) is 12.7 Å². The van der Waals surface area contributed by atoms with E-state index in [1.165, 1.54) is 12.1 Å². The van der Waals surface area contributed by atoms with Crippen molar-refractivity contribution in [3.05, 3.63) is 59.7 Å². The van der Waals surface area contributed by atoms with Gasteiger partial charge in [0.15, 0.2) is 11.5 Å². The number of carbonyl (C=O) groups is 1. The van der Waals surface area contributed by atoms with Crippen LogP contribution in [-0.4, -0.2) is 49.7 Å². The van der Waals surface area contributed by atoms with E-state index in [4.69, 9.17) is 9.47 Å². The van der Waals surface area contributed by atoms with Crippen molar-refractivity contribution < 1.29 is 27.4 Å². The van der Waals surface area contributed by atoms with E-state index in [1.807, 2.05) is 31.3 Å². The summed E-state index contributed by atoms with van der Waals surface area (Å²) in [6.07, 6.45) is -3.16. The van der Waals surface area contributed by atoms with Gasteiger partial charge in [0.25, 0.3) is 5.91 Å². The summed E-state index contributed by atoms with van der Waals surface area (Å²) in [5.41, 5.74) is -0.739. The van der Waals surface area contributed by atoms with Gasteiger partial charge in [0.05, 0.1) is 11.6 Å². The van der Waals surface area contributed by atoms with Gasteiger partial charge in [-0.2, -0.15) is 13.2 Å². The van der Waals surface area contributed by atoms with Gasteiger partial charge < -0.3 is 19.7 Å². The van der Waals surface area contributed by atoms with Crippen LogP contribution in [0.5, 0.6) is 11.5 Å². The molecule has 1 saturated heterocycles. The summed E-state index contributed by atoms with van der Waals surface area (Å²) in [5, 5.41) is 3.34. The zero-order valence-corrected chi connectivity index (χ0v) is 17.2. The lowest BCUT2D eigenvalue weighted by atomic mass is 9.86. The molecule has 0 spiro atoms. The average molecular weight is 434 g/mol. The number of carbonyl (C=O) groups excluding carboxylic acids is 1. The largest absolute Gasteiger partial charge is 0.486 e. The molecule has 2 unspecified atom stereocenters. The first-order valence-corrected chi connectivity index (χ1v) is 10.4. The fraction of sp³-hybridized carbons (Fsp3) is 0.435. The number of likely N-dealkylation sites (tertiary alicyclic amines) is 1. The van der Waals surface area contributed by atoms with E-state index in [9.17, 15) is 18.0 Å². The summed E-state index contributed by atoms with van der Waals surface area (Å²) in [4.78, 5) is 14.4. The maximum absolute atomic E-state index is 13.0. The Morgan fingerprint density at radius 1 is 1.10 bits per heavy atom. The number of ether oxygens (including phenoxy) is 2. The molecule has 2 aliphatic rings. The quantitative estimate of drug-likeness (QED) is 0.791. The smallest absolute Gasteiger partial charge is 0.416 e. The fourth-order valence-electron chi connectivity index (χ4n) is 4.41.